The Hall–Kier alpha value is -1.86. The van der Waals surface area contributed by atoms with Crippen LogP contribution in [0.2, 0.25) is 5.02 Å². The third-order valence-corrected chi connectivity index (χ3v) is 4.01. The van der Waals surface area contributed by atoms with Gasteiger partial charge in [-0.2, -0.15) is 0 Å². The number of pyridine rings is 1. The molecular formula is C12H13ClN4O2S. The zero-order valence-electron chi connectivity index (χ0n) is 10.7. The number of aromatic nitrogens is 2. The molecule has 0 amide bonds. The summed E-state index contributed by atoms with van der Waals surface area (Å²) in [5.74, 6) is 0.179. The van der Waals surface area contributed by atoms with Gasteiger partial charge in [0.2, 0.25) is 5.88 Å². The van der Waals surface area contributed by atoms with Crippen LogP contribution in [0.15, 0.2) is 22.9 Å². The van der Waals surface area contributed by atoms with E-state index in [0.29, 0.717) is 12.2 Å². The number of rotatable bonds is 5. The highest BCUT2D eigenvalue weighted by Crippen LogP contribution is 2.25. The minimum atomic E-state index is -0.0828. The molecule has 2 heterocycles. The lowest BCUT2D eigenvalue weighted by molar-refractivity contribution is 0.310. The molecule has 3 N–H and O–H groups in total. The van der Waals surface area contributed by atoms with Crippen LogP contribution in [0, 0.1) is 6.92 Å². The molecule has 0 atom stereocenters. The average Bonchev–Trinajstić information content (AvgIpc) is 2.85. The van der Waals surface area contributed by atoms with E-state index in [1.165, 1.54) is 6.20 Å². The van der Waals surface area contributed by atoms with Crippen LogP contribution in [-0.4, -0.2) is 27.6 Å². The first-order chi connectivity index (χ1) is 9.63. The Morgan fingerprint density at radius 2 is 2.35 bits per heavy atom. The molecule has 2 rings (SSSR count). The molecule has 0 fully saturated rings. The SMILES string of the molecule is Cc1ncsc1CCOc1nccc(/C(N)=N/O)c1Cl. The molecule has 0 aliphatic heterocycles. The van der Waals surface area contributed by atoms with Crippen molar-refractivity contribution in [3.05, 3.63) is 38.9 Å². The van der Waals surface area contributed by atoms with E-state index in [0.717, 1.165) is 17.0 Å². The Morgan fingerprint density at radius 1 is 1.55 bits per heavy atom. The summed E-state index contributed by atoms with van der Waals surface area (Å²) in [5, 5.41) is 11.8. The van der Waals surface area contributed by atoms with E-state index >= 15 is 0 Å². The van der Waals surface area contributed by atoms with Gasteiger partial charge in [-0.1, -0.05) is 16.8 Å². The second kappa shape index (κ2) is 6.53. The van der Waals surface area contributed by atoms with Gasteiger partial charge in [0.05, 0.1) is 17.8 Å². The molecule has 0 saturated carbocycles. The lowest BCUT2D eigenvalue weighted by Crippen LogP contribution is -2.14. The van der Waals surface area contributed by atoms with Crippen LogP contribution in [0.3, 0.4) is 0 Å². The second-order valence-electron chi connectivity index (χ2n) is 3.92. The minimum absolute atomic E-state index is 0.0828. The number of oxime groups is 1. The van der Waals surface area contributed by atoms with E-state index in [-0.39, 0.29) is 16.7 Å². The van der Waals surface area contributed by atoms with Gasteiger partial charge in [-0.05, 0) is 13.0 Å². The van der Waals surface area contributed by atoms with E-state index in [1.54, 1.807) is 22.9 Å². The van der Waals surface area contributed by atoms with Gasteiger partial charge in [0.1, 0.15) is 5.02 Å². The van der Waals surface area contributed by atoms with Crippen LogP contribution in [0.4, 0.5) is 0 Å². The number of thiazole rings is 1. The van der Waals surface area contributed by atoms with Crippen molar-refractivity contribution in [2.45, 2.75) is 13.3 Å². The number of nitrogens with two attached hydrogens (primary N) is 1. The van der Waals surface area contributed by atoms with Gasteiger partial charge >= 0.3 is 0 Å². The van der Waals surface area contributed by atoms with Gasteiger partial charge < -0.3 is 15.7 Å². The number of nitrogens with zero attached hydrogens (tertiary/aromatic N) is 3. The third kappa shape index (κ3) is 3.17. The second-order valence-corrected chi connectivity index (χ2v) is 5.24. The minimum Gasteiger partial charge on any atom is -0.476 e. The summed E-state index contributed by atoms with van der Waals surface area (Å²) < 4.78 is 5.54. The monoisotopic (exact) mass is 312 g/mol. The van der Waals surface area contributed by atoms with Crippen molar-refractivity contribution in [2.24, 2.45) is 10.9 Å². The zero-order chi connectivity index (χ0) is 14.5. The Morgan fingerprint density at radius 3 is 3.00 bits per heavy atom. The maximum absolute atomic E-state index is 8.67. The van der Waals surface area contributed by atoms with Gasteiger partial charge in [0, 0.05) is 23.1 Å². The summed E-state index contributed by atoms with van der Waals surface area (Å²) in [6, 6.07) is 1.55. The largest absolute Gasteiger partial charge is 0.476 e. The molecule has 0 bridgehead atoms. The van der Waals surface area contributed by atoms with E-state index in [4.69, 9.17) is 27.3 Å². The van der Waals surface area contributed by atoms with E-state index < -0.39 is 0 Å². The first-order valence-corrected chi connectivity index (χ1v) is 7.03. The summed E-state index contributed by atoms with van der Waals surface area (Å²) in [5.41, 5.74) is 8.70. The molecule has 0 unspecified atom stereocenters. The third-order valence-electron chi connectivity index (χ3n) is 2.65. The van der Waals surface area contributed by atoms with Gasteiger partial charge in [-0.15, -0.1) is 11.3 Å². The molecule has 0 spiro atoms. The normalized spacial score (nSPS) is 11.6. The Kier molecular flexibility index (Phi) is 4.75. The van der Waals surface area contributed by atoms with Crippen molar-refractivity contribution >= 4 is 28.8 Å². The number of amidine groups is 1. The van der Waals surface area contributed by atoms with Crippen LogP contribution in [-0.2, 0) is 6.42 Å². The average molecular weight is 313 g/mol. The number of hydrogen-bond donors (Lipinski definition) is 2. The van der Waals surface area contributed by atoms with Crippen molar-refractivity contribution in [1.29, 1.82) is 0 Å². The highest BCUT2D eigenvalue weighted by molar-refractivity contribution is 7.09. The van der Waals surface area contributed by atoms with Crippen molar-refractivity contribution in [2.75, 3.05) is 6.61 Å². The lowest BCUT2D eigenvalue weighted by atomic mass is 10.2. The zero-order valence-corrected chi connectivity index (χ0v) is 12.3. The summed E-state index contributed by atoms with van der Waals surface area (Å²) in [6.07, 6.45) is 2.22. The molecule has 0 aliphatic rings. The van der Waals surface area contributed by atoms with Crippen molar-refractivity contribution < 1.29 is 9.94 Å². The molecule has 106 valence electrons. The lowest BCUT2D eigenvalue weighted by Gasteiger charge is -2.09. The molecule has 0 radical (unpaired) electrons. The number of aryl methyl sites for hydroxylation is 1. The van der Waals surface area contributed by atoms with Crippen molar-refractivity contribution in [3.63, 3.8) is 0 Å². The maximum Gasteiger partial charge on any atom is 0.233 e. The Labute approximate surface area is 124 Å². The molecule has 6 nitrogen and oxygen atoms in total. The molecule has 8 heteroatoms. The molecule has 20 heavy (non-hydrogen) atoms. The molecule has 0 aromatic carbocycles. The van der Waals surface area contributed by atoms with Crippen molar-refractivity contribution in [3.8, 4) is 5.88 Å². The fraction of sp³-hybridized carbons (Fsp3) is 0.250. The Balaban J connectivity index is 2.05. The first-order valence-electron chi connectivity index (χ1n) is 5.77. The molecule has 0 aliphatic carbocycles. The molecule has 2 aromatic rings. The van der Waals surface area contributed by atoms with Crippen LogP contribution >= 0.6 is 22.9 Å². The summed E-state index contributed by atoms with van der Waals surface area (Å²) in [4.78, 5) is 9.37. The molecule has 2 aromatic heterocycles. The molecular weight excluding hydrogens is 300 g/mol. The Bertz CT molecular complexity index is 630. The van der Waals surface area contributed by atoms with Gasteiger partial charge in [0.15, 0.2) is 5.84 Å². The highest BCUT2D eigenvalue weighted by Gasteiger charge is 2.12. The van der Waals surface area contributed by atoms with Crippen LogP contribution in [0.25, 0.3) is 0 Å². The van der Waals surface area contributed by atoms with Crippen molar-refractivity contribution in [1.82, 2.24) is 9.97 Å². The first kappa shape index (κ1) is 14.5. The van der Waals surface area contributed by atoms with Crippen LogP contribution < -0.4 is 10.5 Å². The van der Waals surface area contributed by atoms with Gasteiger partial charge in [0.25, 0.3) is 0 Å². The van der Waals surface area contributed by atoms with E-state index in [2.05, 4.69) is 15.1 Å². The van der Waals surface area contributed by atoms with E-state index in [1.807, 2.05) is 6.92 Å². The van der Waals surface area contributed by atoms with Crippen LogP contribution in [0.5, 0.6) is 5.88 Å². The highest BCUT2D eigenvalue weighted by atomic mass is 35.5. The summed E-state index contributed by atoms with van der Waals surface area (Å²) in [6.45, 7) is 2.38. The number of hydrogen-bond acceptors (Lipinski definition) is 6. The van der Waals surface area contributed by atoms with Gasteiger partial charge in [-0.25, -0.2) is 9.97 Å². The quantitative estimate of drug-likeness (QED) is 0.382. The topological polar surface area (TPSA) is 93.6 Å². The summed E-state index contributed by atoms with van der Waals surface area (Å²) >= 11 is 7.69. The molecule has 0 saturated heterocycles. The smallest absolute Gasteiger partial charge is 0.233 e. The predicted molar refractivity (Wildman–Crippen MR) is 77.8 cm³/mol. The maximum atomic E-state index is 8.67. The fourth-order valence-corrected chi connectivity index (χ4v) is 2.61. The number of halogens is 1. The summed E-state index contributed by atoms with van der Waals surface area (Å²) in [7, 11) is 0. The van der Waals surface area contributed by atoms with Gasteiger partial charge in [-0.3, -0.25) is 0 Å². The van der Waals surface area contributed by atoms with E-state index in [9.17, 15) is 0 Å². The fourth-order valence-electron chi connectivity index (χ4n) is 1.58. The predicted octanol–water partition coefficient (Wildman–Crippen LogP) is 2.22. The number of ether oxygens (including phenoxy) is 1. The van der Waals surface area contributed by atoms with Crippen LogP contribution in [0.1, 0.15) is 16.1 Å². The standard InChI is InChI=1S/C12H13ClN4O2S/c1-7-9(20-6-16-7)3-5-19-12-10(13)8(2-4-15-12)11(14)17-18/h2,4,6,18H,3,5H2,1H3,(H2,14,17).